The number of nitrogens with one attached hydrogen (secondary N) is 1. The molecule has 2 aromatic rings. The lowest BCUT2D eigenvalue weighted by atomic mass is 10.1. The minimum Gasteiger partial charge on any atom is -0.478 e. The first-order valence-corrected chi connectivity index (χ1v) is 6.20. The van der Waals surface area contributed by atoms with Gasteiger partial charge in [0.2, 0.25) is 0 Å². The Bertz CT molecular complexity index is 705. The number of hydrogen-bond acceptors (Lipinski definition) is 3. The van der Waals surface area contributed by atoms with Gasteiger partial charge in [-0.15, -0.1) is 0 Å². The van der Waals surface area contributed by atoms with Crippen molar-refractivity contribution in [2.45, 2.75) is 20.0 Å². The van der Waals surface area contributed by atoms with Gasteiger partial charge in [0, 0.05) is 18.8 Å². The number of benzene rings is 1. The van der Waals surface area contributed by atoms with Crippen molar-refractivity contribution in [1.29, 1.82) is 0 Å². The molecule has 1 aliphatic rings. The van der Waals surface area contributed by atoms with Crippen molar-refractivity contribution in [2.75, 3.05) is 0 Å². The molecule has 2 N–H and O–H groups in total. The molecule has 0 bridgehead atoms. The van der Waals surface area contributed by atoms with Crippen LogP contribution in [-0.4, -0.2) is 32.1 Å². The summed E-state index contributed by atoms with van der Waals surface area (Å²) in [5.41, 5.74) is 3.41. The summed E-state index contributed by atoms with van der Waals surface area (Å²) in [7, 11) is 0. The highest BCUT2D eigenvalue weighted by molar-refractivity contribution is 5.95. The smallest absolute Gasteiger partial charge is 0.335 e. The average Bonchev–Trinajstić information content (AvgIpc) is 3.02. The van der Waals surface area contributed by atoms with Gasteiger partial charge in [-0.3, -0.25) is 9.89 Å². The van der Waals surface area contributed by atoms with Crippen LogP contribution >= 0.6 is 0 Å². The Labute approximate surface area is 115 Å². The van der Waals surface area contributed by atoms with Gasteiger partial charge in [-0.05, 0) is 30.2 Å². The summed E-state index contributed by atoms with van der Waals surface area (Å²) in [4.78, 5) is 25.0. The van der Waals surface area contributed by atoms with Crippen molar-refractivity contribution in [1.82, 2.24) is 15.1 Å². The third-order valence-electron chi connectivity index (χ3n) is 3.52. The SMILES string of the molecule is Cc1[nH]ncc1C(=O)N1Cc2ccc(C(=O)O)cc2C1. The first-order valence-electron chi connectivity index (χ1n) is 6.20. The minimum atomic E-state index is -0.955. The fourth-order valence-corrected chi connectivity index (χ4v) is 2.41. The Morgan fingerprint density at radius 1 is 1.30 bits per heavy atom. The monoisotopic (exact) mass is 271 g/mol. The molecule has 3 rings (SSSR count). The van der Waals surface area contributed by atoms with Crippen LogP contribution in [0.25, 0.3) is 0 Å². The second kappa shape index (κ2) is 4.48. The normalized spacial score (nSPS) is 13.3. The van der Waals surface area contributed by atoms with Crippen LogP contribution in [0.3, 0.4) is 0 Å². The van der Waals surface area contributed by atoms with Gasteiger partial charge in [0.05, 0.1) is 17.3 Å². The van der Waals surface area contributed by atoms with Gasteiger partial charge < -0.3 is 10.0 Å². The number of hydrogen-bond donors (Lipinski definition) is 2. The number of nitrogens with zero attached hydrogens (tertiary/aromatic N) is 2. The molecule has 0 aliphatic carbocycles. The van der Waals surface area contributed by atoms with E-state index in [4.69, 9.17) is 5.11 Å². The number of carboxylic acids is 1. The van der Waals surface area contributed by atoms with E-state index in [-0.39, 0.29) is 11.5 Å². The highest BCUT2D eigenvalue weighted by atomic mass is 16.4. The number of carboxylic acid groups (broad SMARTS) is 1. The summed E-state index contributed by atoms with van der Waals surface area (Å²) < 4.78 is 0. The molecule has 1 aliphatic heterocycles. The summed E-state index contributed by atoms with van der Waals surface area (Å²) in [5.74, 6) is -1.05. The summed E-state index contributed by atoms with van der Waals surface area (Å²) >= 11 is 0. The average molecular weight is 271 g/mol. The molecule has 6 heteroatoms. The molecule has 102 valence electrons. The van der Waals surface area contributed by atoms with E-state index in [1.54, 1.807) is 30.0 Å². The number of rotatable bonds is 2. The maximum Gasteiger partial charge on any atom is 0.335 e. The van der Waals surface area contributed by atoms with Crippen LogP contribution in [0.1, 0.15) is 37.5 Å². The lowest BCUT2D eigenvalue weighted by Gasteiger charge is -2.14. The van der Waals surface area contributed by atoms with Crippen LogP contribution in [-0.2, 0) is 13.1 Å². The molecular formula is C14H13N3O3. The molecule has 1 aromatic heterocycles. The maximum atomic E-state index is 12.4. The van der Waals surface area contributed by atoms with E-state index in [1.807, 2.05) is 0 Å². The zero-order valence-corrected chi connectivity index (χ0v) is 10.9. The van der Waals surface area contributed by atoms with E-state index in [1.165, 1.54) is 6.20 Å². The Hall–Kier alpha value is -2.63. The number of amides is 1. The highest BCUT2D eigenvalue weighted by Gasteiger charge is 2.26. The number of aromatic nitrogens is 2. The molecule has 0 radical (unpaired) electrons. The van der Waals surface area contributed by atoms with Crippen LogP contribution < -0.4 is 0 Å². The first-order chi connectivity index (χ1) is 9.56. The molecule has 0 saturated carbocycles. The third-order valence-corrected chi connectivity index (χ3v) is 3.52. The van der Waals surface area contributed by atoms with Crippen LogP contribution in [0.2, 0.25) is 0 Å². The lowest BCUT2D eigenvalue weighted by molar-refractivity contribution is 0.0696. The van der Waals surface area contributed by atoms with Gasteiger partial charge in [0.15, 0.2) is 0 Å². The molecule has 0 unspecified atom stereocenters. The Morgan fingerprint density at radius 2 is 2.05 bits per heavy atom. The maximum absolute atomic E-state index is 12.4. The summed E-state index contributed by atoms with van der Waals surface area (Å²) in [5, 5.41) is 15.6. The number of aromatic carboxylic acids is 1. The molecule has 0 spiro atoms. The number of aryl methyl sites for hydroxylation is 1. The van der Waals surface area contributed by atoms with E-state index in [0.717, 1.165) is 16.8 Å². The number of carbonyl (C=O) groups is 2. The number of carbonyl (C=O) groups excluding carboxylic acids is 1. The second-order valence-electron chi connectivity index (χ2n) is 4.86. The van der Waals surface area contributed by atoms with E-state index >= 15 is 0 Å². The van der Waals surface area contributed by atoms with Crippen molar-refractivity contribution < 1.29 is 14.7 Å². The molecule has 6 nitrogen and oxygen atoms in total. The lowest BCUT2D eigenvalue weighted by Crippen LogP contribution is -2.25. The van der Waals surface area contributed by atoms with E-state index < -0.39 is 5.97 Å². The fraction of sp³-hybridized carbons (Fsp3) is 0.214. The highest BCUT2D eigenvalue weighted by Crippen LogP contribution is 2.25. The summed E-state index contributed by atoms with van der Waals surface area (Å²) in [6.45, 7) is 2.73. The van der Waals surface area contributed by atoms with E-state index in [0.29, 0.717) is 18.7 Å². The quantitative estimate of drug-likeness (QED) is 0.868. The molecule has 1 amide bonds. The molecule has 20 heavy (non-hydrogen) atoms. The van der Waals surface area contributed by atoms with Gasteiger partial charge in [-0.2, -0.15) is 5.10 Å². The molecule has 0 fully saturated rings. The van der Waals surface area contributed by atoms with Crippen molar-refractivity contribution in [3.8, 4) is 0 Å². The second-order valence-corrected chi connectivity index (χ2v) is 4.86. The standard InChI is InChI=1S/C14H13N3O3/c1-8-12(5-15-16-8)13(18)17-6-10-3-2-9(14(19)20)4-11(10)7-17/h2-5H,6-7H2,1H3,(H,15,16)(H,19,20). The first kappa shape index (κ1) is 12.4. The van der Waals surface area contributed by atoms with Crippen molar-refractivity contribution >= 4 is 11.9 Å². The predicted octanol–water partition coefficient (Wildman–Crippen LogP) is 1.57. The number of aromatic amines is 1. The van der Waals surface area contributed by atoms with Gasteiger partial charge in [-0.25, -0.2) is 4.79 Å². The molecule has 0 atom stereocenters. The topological polar surface area (TPSA) is 86.3 Å². The Morgan fingerprint density at radius 3 is 2.70 bits per heavy atom. The minimum absolute atomic E-state index is 0.0932. The van der Waals surface area contributed by atoms with Crippen molar-refractivity contribution in [3.63, 3.8) is 0 Å². The molecule has 0 saturated heterocycles. The van der Waals surface area contributed by atoms with Crippen LogP contribution in [0.4, 0.5) is 0 Å². The zero-order chi connectivity index (χ0) is 14.3. The summed E-state index contributed by atoms with van der Waals surface area (Å²) in [6, 6.07) is 4.97. The Kier molecular flexibility index (Phi) is 2.78. The predicted molar refractivity (Wildman–Crippen MR) is 70.3 cm³/mol. The van der Waals surface area contributed by atoms with Crippen LogP contribution in [0, 0.1) is 6.92 Å². The third kappa shape index (κ3) is 1.95. The molecule has 2 heterocycles. The van der Waals surface area contributed by atoms with E-state index in [9.17, 15) is 9.59 Å². The number of fused-ring (bicyclic) bond motifs is 1. The Balaban J connectivity index is 1.85. The van der Waals surface area contributed by atoms with Gasteiger partial charge >= 0.3 is 5.97 Å². The largest absolute Gasteiger partial charge is 0.478 e. The molecule has 1 aromatic carbocycles. The number of H-pyrrole nitrogens is 1. The molecular weight excluding hydrogens is 258 g/mol. The van der Waals surface area contributed by atoms with Gasteiger partial charge in [0.1, 0.15) is 0 Å². The van der Waals surface area contributed by atoms with E-state index in [2.05, 4.69) is 10.2 Å². The van der Waals surface area contributed by atoms with Crippen molar-refractivity contribution in [2.24, 2.45) is 0 Å². The summed E-state index contributed by atoms with van der Waals surface area (Å²) in [6.07, 6.45) is 1.52. The van der Waals surface area contributed by atoms with Gasteiger partial charge in [0.25, 0.3) is 5.91 Å². The van der Waals surface area contributed by atoms with Crippen molar-refractivity contribution in [3.05, 3.63) is 52.3 Å². The van der Waals surface area contributed by atoms with Crippen LogP contribution in [0.5, 0.6) is 0 Å². The van der Waals surface area contributed by atoms with Crippen LogP contribution in [0.15, 0.2) is 24.4 Å². The zero-order valence-electron chi connectivity index (χ0n) is 10.9. The fourth-order valence-electron chi connectivity index (χ4n) is 2.41. The van der Waals surface area contributed by atoms with Gasteiger partial charge in [-0.1, -0.05) is 6.07 Å².